The number of ether oxygens (including phenoxy) is 2. The van der Waals surface area contributed by atoms with Crippen LogP contribution in [0.5, 0.6) is 11.5 Å². The Bertz CT molecular complexity index is 1380. The highest BCUT2D eigenvalue weighted by Crippen LogP contribution is 2.49. The van der Waals surface area contributed by atoms with E-state index in [-0.39, 0.29) is 17.9 Å². The second-order valence-electron chi connectivity index (χ2n) is 10.7. The van der Waals surface area contributed by atoms with Crippen molar-refractivity contribution in [3.05, 3.63) is 94.5 Å². The molecule has 2 amide bonds. The minimum atomic E-state index is -0.471. The van der Waals surface area contributed by atoms with Gasteiger partial charge in [0.1, 0.15) is 0 Å². The molecule has 7 nitrogen and oxygen atoms in total. The summed E-state index contributed by atoms with van der Waals surface area (Å²) in [6, 6.07) is 21.8. The topological polar surface area (TPSA) is 62.3 Å². The lowest BCUT2D eigenvalue weighted by molar-refractivity contribution is -0.136. The van der Waals surface area contributed by atoms with Gasteiger partial charge in [0.15, 0.2) is 11.5 Å². The lowest BCUT2D eigenvalue weighted by atomic mass is 9.75. The van der Waals surface area contributed by atoms with Crippen LogP contribution in [0.1, 0.15) is 58.4 Å². The molecule has 0 unspecified atom stereocenters. The van der Waals surface area contributed by atoms with E-state index >= 15 is 0 Å². The van der Waals surface area contributed by atoms with Gasteiger partial charge in [-0.2, -0.15) is 0 Å². The van der Waals surface area contributed by atoms with Crippen molar-refractivity contribution in [3.8, 4) is 11.5 Å². The fourth-order valence-corrected chi connectivity index (χ4v) is 6.50. The fourth-order valence-electron chi connectivity index (χ4n) is 6.50. The molecule has 7 heteroatoms. The van der Waals surface area contributed by atoms with Gasteiger partial charge in [-0.25, -0.2) is 0 Å². The average Bonchev–Trinajstić information content (AvgIpc) is 2.98. The highest BCUT2D eigenvalue weighted by molar-refractivity contribution is 6.01. The smallest absolute Gasteiger partial charge is 0.254 e. The fraction of sp³-hybridized carbons (Fsp3) is 0.394. The summed E-state index contributed by atoms with van der Waals surface area (Å²) >= 11 is 0. The third-order valence-corrected chi connectivity index (χ3v) is 8.38. The predicted octanol–water partition coefficient (Wildman–Crippen LogP) is 4.67. The monoisotopic (exact) mass is 539 g/mol. The van der Waals surface area contributed by atoms with Gasteiger partial charge in [-0.15, -0.1) is 0 Å². The first-order valence-corrected chi connectivity index (χ1v) is 14.5. The van der Waals surface area contributed by atoms with Crippen LogP contribution in [0.15, 0.2) is 66.7 Å². The predicted molar refractivity (Wildman–Crippen MR) is 154 cm³/mol. The molecule has 40 heavy (non-hydrogen) atoms. The van der Waals surface area contributed by atoms with Crippen molar-refractivity contribution in [3.63, 3.8) is 0 Å². The van der Waals surface area contributed by atoms with Crippen molar-refractivity contribution < 1.29 is 19.1 Å². The molecule has 3 heterocycles. The van der Waals surface area contributed by atoms with E-state index in [4.69, 9.17) is 9.47 Å². The van der Waals surface area contributed by atoms with Crippen molar-refractivity contribution in [2.24, 2.45) is 0 Å². The van der Waals surface area contributed by atoms with Crippen molar-refractivity contribution in [2.75, 3.05) is 45.9 Å². The summed E-state index contributed by atoms with van der Waals surface area (Å²) < 4.78 is 11.9. The zero-order valence-electron chi connectivity index (χ0n) is 23.3. The highest BCUT2D eigenvalue weighted by atomic mass is 16.5. The summed E-state index contributed by atoms with van der Waals surface area (Å²) in [5, 5.41) is 0. The molecule has 0 saturated carbocycles. The summed E-state index contributed by atoms with van der Waals surface area (Å²) in [7, 11) is 0. The summed E-state index contributed by atoms with van der Waals surface area (Å²) in [4.78, 5) is 34.5. The Morgan fingerprint density at radius 3 is 2.23 bits per heavy atom. The maximum Gasteiger partial charge on any atom is 0.254 e. The molecule has 0 N–H and O–H groups in total. The molecule has 3 aliphatic rings. The first-order chi connectivity index (χ1) is 19.6. The van der Waals surface area contributed by atoms with Gasteiger partial charge in [0.25, 0.3) is 5.91 Å². The van der Waals surface area contributed by atoms with Crippen LogP contribution in [0.4, 0.5) is 0 Å². The number of hydrogen-bond acceptors (Lipinski definition) is 5. The van der Waals surface area contributed by atoms with Gasteiger partial charge in [0.2, 0.25) is 5.91 Å². The molecule has 0 aromatic heterocycles. The number of fused-ring (bicyclic) bond motifs is 4. The second kappa shape index (κ2) is 11.3. The molecular formula is C33H37N3O4. The third kappa shape index (κ3) is 4.83. The lowest BCUT2D eigenvalue weighted by Gasteiger charge is -2.47. The van der Waals surface area contributed by atoms with Crippen LogP contribution in [-0.2, 0) is 17.8 Å². The largest absolute Gasteiger partial charge is 0.490 e. The van der Waals surface area contributed by atoms with Crippen molar-refractivity contribution in [1.29, 1.82) is 0 Å². The van der Waals surface area contributed by atoms with Crippen LogP contribution in [0, 0.1) is 0 Å². The number of benzene rings is 3. The van der Waals surface area contributed by atoms with Crippen molar-refractivity contribution in [1.82, 2.24) is 14.7 Å². The molecule has 0 spiro atoms. The van der Waals surface area contributed by atoms with Crippen molar-refractivity contribution in [2.45, 2.75) is 38.8 Å². The number of amides is 2. The SMILES string of the molecule is CCOc1cc2c(cc1OCC)[C@@H]1[C@@H](C(=O)N3CCN(Cc4ccccc4)CC3)c3ccccc3C(=O)N1CC2. The van der Waals surface area contributed by atoms with Gasteiger partial charge < -0.3 is 19.3 Å². The van der Waals surface area contributed by atoms with Gasteiger partial charge in [-0.1, -0.05) is 48.5 Å². The molecule has 3 aliphatic heterocycles. The summed E-state index contributed by atoms with van der Waals surface area (Å²) in [5.74, 6) is 0.998. The normalized spacial score (nSPS) is 20.4. The Balaban J connectivity index is 1.33. The molecule has 3 aromatic rings. The van der Waals surface area contributed by atoms with E-state index in [9.17, 15) is 9.59 Å². The van der Waals surface area contributed by atoms with Crippen molar-refractivity contribution >= 4 is 11.8 Å². The molecule has 208 valence electrons. The average molecular weight is 540 g/mol. The Kier molecular flexibility index (Phi) is 7.48. The van der Waals surface area contributed by atoms with E-state index in [1.165, 1.54) is 5.56 Å². The van der Waals surface area contributed by atoms with Crippen LogP contribution in [-0.4, -0.2) is 72.5 Å². The van der Waals surface area contributed by atoms with Gasteiger partial charge >= 0.3 is 0 Å². The molecule has 0 radical (unpaired) electrons. The second-order valence-corrected chi connectivity index (χ2v) is 10.7. The first-order valence-electron chi connectivity index (χ1n) is 14.5. The first kappa shape index (κ1) is 26.4. The maximum atomic E-state index is 14.4. The van der Waals surface area contributed by atoms with E-state index in [0.717, 1.165) is 42.1 Å². The zero-order valence-corrected chi connectivity index (χ0v) is 23.3. The van der Waals surface area contributed by atoms with Gasteiger partial charge in [-0.05, 0) is 60.7 Å². The lowest BCUT2D eigenvalue weighted by Crippen LogP contribution is -2.54. The standard InChI is InChI=1S/C33H37N3O4/c1-3-39-28-20-24-14-15-36-31(27(24)21-29(28)40-4-2)30(25-12-8-9-13-26(25)32(36)37)33(38)35-18-16-34(17-19-35)22-23-10-6-5-7-11-23/h5-13,20-21,30-31H,3-4,14-19,22H2,1-2H3/t30-,31+/m0/s1. The van der Waals surface area contributed by atoms with E-state index in [0.29, 0.717) is 50.6 Å². The summed E-state index contributed by atoms with van der Waals surface area (Å²) in [6.45, 7) is 9.40. The molecule has 6 rings (SSSR count). The molecule has 3 aromatic carbocycles. The number of carbonyl (C=O) groups excluding carboxylic acids is 2. The van der Waals surface area contributed by atoms with Crippen LogP contribution in [0.25, 0.3) is 0 Å². The Morgan fingerprint density at radius 1 is 0.825 bits per heavy atom. The number of hydrogen-bond donors (Lipinski definition) is 0. The Labute approximate surface area is 236 Å². The van der Waals surface area contributed by atoms with E-state index in [1.54, 1.807) is 0 Å². The highest BCUT2D eigenvalue weighted by Gasteiger charge is 2.48. The molecule has 2 atom stereocenters. The Hall–Kier alpha value is -3.84. The minimum absolute atomic E-state index is 0.00479. The Morgan fingerprint density at radius 2 is 1.50 bits per heavy atom. The zero-order chi connectivity index (χ0) is 27.6. The molecule has 1 saturated heterocycles. The molecule has 0 aliphatic carbocycles. The maximum absolute atomic E-state index is 14.4. The third-order valence-electron chi connectivity index (χ3n) is 8.38. The number of nitrogens with zero attached hydrogens (tertiary/aromatic N) is 3. The minimum Gasteiger partial charge on any atom is -0.490 e. The van der Waals surface area contributed by atoms with Crippen LogP contribution in [0.3, 0.4) is 0 Å². The molecule has 0 bridgehead atoms. The van der Waals surface area contributed by atoms with Gasteiger partial charge in [0.05, 0.1) is 25.2 Å². The summed E-state index contributed by atoms with van der Waals surface area (Å²) in [6.07, 6.45) is 0.714. The summed E-state index contributed by atoms with van der Waals surface area (Å²) in [5.41, 5.74) is 4.85. The quantitative estimate of drug-likeness (QED) is 0.437. The van der Waals surface area contributed by atoms with E-state index in [1.807, 2.05) is 60.0 Å². The van der Waals surface area contributed by atoms with Crippen LogP contribution >= 0.6 is 0 Å². The number of rotatable bonds is 7. The molecule has 1 fully saturated rings. The van der Waals surface area contributed by atoms with Crippen LogP contribution in [0.2, 0.25) is 0 Å². The van der Waals surface area contributed by atoms with E-state index in [2.05, 4.69) is 35.2 Å². The molecular weight excluding hydrogens is 502 g/mol. The number of piperazine rings is 1. The number of carbonyl (C=O) groups is 2. The van der Waals surface area contributed by atoms with E-state index < -0.39 is 5.92 Å². The van der Waals surface area contributed by atoms with Gasteiger partial charge in [-0.3, -0.25) is 14.5 Å². The van der Waals surface area contributed by atoms with Crippen LogP contribution < -0.4 is 9.47 Å². The van der Waals surface area contributed by atoms with Gasteiger partial charge in [0, 0.05) is 44.8 Å².